The van der Waals surface area contributed by atoms with E-state index in [4.69, 9.17) is 4.74 Å². The van der Waals surface area contributed by atoms with Crippen LogP contribution in [0.5, 0.6) is 5.75 Å². The van der Waals surface area contributed by atoms with Gasteiger partial charge in [0.25, 0.3) is 0 Å². The summed E-state index contributed by atoms with van der Waals surface area (Å²) in [6.07, 6.45) is 4.86. The van der Waals surface area contributed by atoms with E-state index in [-0.39, 0.29) is 18.3 Å². The lowest BCUT2D eigenvalue weighted by Gasteiger charge is -2.05. The molecule has 0 radical (unpaired) electrons. The largest absolute Gasteiger partial charge is 0.497 e. The molecule has 120 valence electrons. The Morgan fingerprint density at radius 3 is 2.43 bits per heavy atom. The van der Waals surface area contributed by atoms with Crippen LogP contribution >= 0.6 is 12.4 Å². The van der Waals surface area contributed by atoms with E-state index < -0.39 is 0 Å². The minimum Gasteiger partial charge on any atom is -0.497 e. The molecule has 1 amide bonds. The SMILES string of the molecule is CNCCNC(=O)CCCCCc1ccc(OC)cc1.Cl. The van der Waals surface area contributed by atoms with Crippen LogP contribution in [-0.2, 0) is 11.2 Å². The summed E-state index contributed by atoms with van der Waals surface area (Å²) in [5.74, 6) is 1.05. The van der Waals surface area contributed by atoms with E-state index in [9.17, 15) is 4.79 Å². The van der Waals surface area contributed by atoms with Crippen LogP contribution in [-0.4, -0.2) is 33.2 Å². The number of amides is 1. The van der Waals surface area contributed by atoms with Crippen molar-refractivity contribution < 1.29 is 9.53 Å². The van der Waals surface area contributed by atoms with Crippen molar-refractivity contribution in [3.63, 3.8) is 0 Å². The van der Waals surface area contributed by atoms with Gasteiger partial charge in [-0.1, -0.05) is 18.6 Å². The number of likely N-dealkylation sites (N-methyl/N-ethyl adjacent to an activating group) is 1. The second kappa shape index (κ2) is 12.5. The van der Waals surface area contributed by atoms with Crippen molar-refractivity contribution in [2.45, 2.75) is 32.1 Å². The molecular weight excluding hydrogens is 288 g/mol. The Labute approximate surface area is 134 Å². The van der Waals surface area contributed by atoms with E-state index in [1.54, 1.807) is 7.11 Å². The van der Waals surface area contributed by atoms with Gasteiger partial charge in [0.1, 0.15) is 5.75 Å². The Morgan fingerprint density at radius 1 is 1.10 bits per heavy atom. The fraction of sp³-hybridized carbons (Fsp3) is 0.562. The van der Waals surface area contributed by atoms with Gasteiger partial charge in [-0.2, -0.15) is 0 Å². The highest BCUT2D eigenvalue weighted by molar-refractivity contribution is 5.85. The summed E-state index contributed by atoms with van der Waals surface area (Å²) >= 11 is 0. The van der Waals surface area contributed by atoms with E-state index in [0.29, 0.717) is 13.0 Å². The van der Waals surface area contributed by atoms with Gasteiger partial charge < -0.3 is 15.4 Å². The van der Waals surface area contributed by atoms with E-state index in [2.05, 4.69) is 22.8 Å². The number of ether oxygens (including phenoxy) is 1. The summed E-state index contributed by atoms with van der Waals surface area (Å²) in [6.45, 7) is 1.53. The molecular formula is C16H27ClN2O2. The number of carbonyl (C=O) groups excluding carboxylic acids is 1. The number of aryl methyl sites for hydroxylation is 1. The van der Waals surface area contributed by atoms with Crippen LogP contribution in [0.1, 0.15) is 31.2 Å². The van der Waals surface area contributed by atoms with Crippen LogP contribution < -0.4 is 15.4 Å². The molecule has 4 nitrogen and oxygen atoms in total. The average molecular weight is 315 g/mol. The molecule has 0 aliphatic rings. The lowest BCUT2D eigenvalue weighted by molar-refractivity contribution is -0.121. The molecule has 0 bridgehead atoms. The third-order valence-corrected chi connectivity index (χ3v) is 3.23. The number of benzene rings is 1. The van der Waals surface area contributed by atoms with Crippen LogP contribution in [0.2, 0.25) is 0 Å². The first-order valence-corrected chi connectivity index (χ1v) is 7.30. The fourth-order valence-electron chi connectivity index (χ4n) is 2.00. The fourth-order valence-corrected chi connectivity index (χ4v) is 2.00. The summed E-state index contributed by atoms with van der Waals surface area (Å²) < 4.78 is 5.13. The lowest BCUT2D eigenvalue weighted by atomic mass is 10.1. The normalized spacial score (nSPS) is 9.81. The highest BCUT2D eigenvalue weighted by atomic mass is 35.5. The number of carbonyl (C=O) groups is 1. The van der Waals surface area contributed by atoms with Crippen LogP contribution in [0.3, 0.4) is 0 Å². The maximum Gasteiger partial charge on any atom is 0.220 e. The van der Waals surface area contributed by atoms with Crippen molar-refractivity contribution in [2.24, 2.45) is 0 Å². The molecule has 2 N–H and O–H groups in total. The molecule has 0 fully saturated rings. The minimum atomic E-state index is 0. The molecule has 0 aromatic heterocycles. The predicted molar refractivity (Wildman–Crippen MR) is 89.4 cm³/mol. The van der Waals surface area contributed by atoms with Gasteiger partial charge in [-0.25, -0.2) is 0 Å². The van der Waals surface area contributed by atoms with Crippen LogP contribution in [0.4, 0.5) is 0 Å². The smallest absolute Gasteiger partial charge is 0.220 e. The first-order chi connectivity index (χ1) is 9.76. The van der Waals surface area contributed by atoms with Gasteiger partial charge in [0.2, 0.25) is 5.91 Å². The van der Waals surface area contributed by atoms with Crippen molar-refractivity contribution in [3.05, 3.63) is 29.8 Å². The zero-order chi connectivity index (χ0) is 14.6. The standard InChI is InChI=1S/C16H26N2O2.ClH/c1-17-12-13-18-16(19)7-5-3-4-6-14-8-10-15(20-2)11-9-14;/h8-11,17H,3-7,12-13H2,1-2H3,(H,18,19);1H. The molecule has 0 aliphatic carbocycles. The van der Waals surface area contributed by atoms with Gasteiger partial charge in [-0.05, 0) is 44.0 Å². The number of hydrogen-bond donors (Lipinski definition) is 2. The van der Waals surface area contributed by atoms with E-state index in [0.717, 1.165) is 38.0 Å². The third kappa shape index (κ3) is 9.32. The second-order valence-electron chi connectivity index (χ2n) is 4.86. The maximum absolute atomic E-state index is 11.5. The zero-order valence-corrected chi connectivity index (χ0v) is 13.8. The van der Waals surface area contributed by atoms with Crippen molar-refractivity contribution in [2.75, 3.05) is 27.2 Å². The summed E-state index contributed by atoms with van der Waals surface area (Å²) in [7, 11) is 3.56. The number of halogens is 1. The molecule has 0 saturated heterocycles. The van der Waals surface area contributed by atoms with Gasteiger partial charge in [0, 0.05) is 19.5 Å². The van der Waals surface area contributed by atoms with Crippen LogP contribution in [0.15, 0.2) is 24.3 Å². The van der Waals surface area contributed by atoms with E-state index in [1.165, 1.54) is 5.56 Å². The Bertz CT molecular complexity index is 382. The highest BCUT2D eigenvalue weighted by Crippen LogP contribution is 2.13. The number of unbranched alkanes of at least 4 members (excludes halogenated alkanes) is 2. The van der Waals surface area contributed by atoms with Crippen LogP contribution in [0.25, 0.3) is 0 Å². The van der Waals surface area contributed by atoms with Gasteiger partial charge in [-0.3, -0.25) is 4.79 Å². The molecule has 0 spiro atoms. The first-order valence-electron chi connectivity index (χ1n) is 7.30. The Hall–Kier alpha value is -1.26. The minimum absolute atomic E-state index is 0. The molecule has 1 aromatic carbocycles. The maximum atomic E-state index is 11.5. The highest BCUT2D eigenvalue weighted by Gasteiger charge is 2.00. The first kappa shape index (κ1) is 19.7. The quantitative estimate of drug-likeness (QED) is 0.653. The van der Waals surface area contributed by atoms with Crippen molar-refractivity contribution in [1.82, 2.24) is 10.6 Å². The molecule has 21 heavy (non-hydrogen) atoms. The van der Waals surface area contributed by atoms with E-state index in [1.807, 2.05) is 19.2 Å². The van der Waals surface area contributed by atoms with Gasteiger partial charge in [0.05, 0.1) is 7.11 Å². The van der Waals surface area contributed by atoms with Crippen molar-refractivity contribution in [3.8, 4) is 5.75 Å². The molecule has 5 heteroatoms. The van der Waals surface area contributed by atoms with Crippen molar-refractivity contribution in [1.29, 1.82) is 0 Å². The number of hydrogen-bond acceptors (Lipinski definition) is 3. The number of methoxy groups -OCH3 is 1. The number of nitrogens with one attached hydrogen (secondary N) is 2. The molecule has 0 heterocycles. The Morgan fingerprint density at radius 2 is 1.81 bits per heavy atom. The van der Waals surface area contributed by atoms with E-state index >= 15 is 0 Å². The summed E-state index contributed by atoms with van der Waals surface area (Å²) in [4.78, 5) is 11.5. The summed E-state index contributed by atoms with van der Waals surface area (Å²) in [6, 6.07) is 8.18. The summed E-state index contributed by atoms with van der Waals surface area (Å²) in [5, 5.41) is 5.89. The van der Waals surface area contributed by atoms with Gasteiger partial charge in [0.15, 0.2) is 0 Å². The molecule has 0 atom stereocenters. The molecule has 0 saturated carbocycles. The molecule has 0 aliphatic heterocycles. The van der Waals surface area contributed by atoms with Crippen LogP contribution in [0, 0.1) is 0 Å². The van der Waals surface area contributed by atoms with Crippen molar-refractivity contribution >= 4 is 18.3 Å². The topological polar surface area (TPSA) is 50.4 Å². The summed E-state index contributed by atoms with van der Waals surface area (Å²) in [5.41, 5.74) is 1.32. The van der Waals surface area contributed by atoms with Gasteiger partial charge >= 0.3 is 0 Å². The second-order valence-corrected chi connectivity index (χ2v) is 4.86. The lowest BCUT2D eigenvalue weighted by Crippen LogP contribution is -2.30. The third-order valence-electron chi connectivity index (χ3n) is 3.23. The monoisotopic (exact) mass is 314 g/mol. The Balaban J connectivity index is 0.00000400. The molecule has 1 aromatic rings. The zero-order valence-electron chi connectivity index (χ0n) is 13.0. The number of rotatable bonds is 10. The molecule has 1 rings (SSSR count). The predicted octanol–water partition coefficient (Wildman–Crippen LogP) is 2.56. The average Bonchev–Trinajstić information content (AvgIpc) is 2.48. The Kier molecular flexibility index (Phi) is 11.7. The van der Waals surface area contributed by atoms with Gasteiger partial charge in [-0.15, -0.1) is 12.4 Å². The molecule has 0 unspecified atom stereocenters.